The van der Waals surface area contributed by atoms with Crippen LogP contribution in [-0.4, -0.2) is 16.5 Å². The summed E-state index contributed by atoms with van der Waals surface area (Å²) in [6.45, 7) is 5.86. The van der Waals surface area contributed by atoms with Crippen molar-refractivity contribution in [3.8, 4) is 0 Å². The maximum Gasteiger partial charge on any atom is 0.158 e. The minimum absolute atomic E-state index is 0.541. The molecule has 0 unspecified atom stereocenters. The summed E-state index contributed by atoms with van der Waals surface area (Å²) in [5.41, 5.74) is 3.67. The van der Waals surface area contributed by atoms with Crippen molar-refractivity contribution in [1.29, 1.82) is 0 Å². The van der Waals surface area contributed by atoms with Crippen LogP contribution in [0.1, 0.15) is 43.9 Å². The van der Waals surface area contributed by atoms with Gasteiger partial charge in [-0.05, 0) is 25.8 Å². The summed E-state index contributed by atoms with van der Waals surface area (Å²) < 4.78 is 0. The summed E-state index contributed by atoms with van der Waals surface area (Å²) in [6, 6.07) is 1.90. The minimum atomic E-state index is 0.541. The Bertz CT molecular complexity index is 403. The van der Waals surface area contributed by atoms with E-state index in [1.165, 1.54) is 19.2 Å². The molecule has 1 aliphatic carbocycles. The fourth-order valence-electron chi connectivity index (χ4n) is 1.39. The lowest BCUT2D eigenvalue weighted by atomic mass is 10.2. The van der Waals surface area contributed by atoms with E-state index < -0.39 is 0 Å². The molecular weight excluding hydrogens is 238 g/mol. The average molecular weight is 256 g/mol. The van der Waals surface area contributed by atoms with E-state index in [-0.39, 0.29) is 0 Å². The number of hydrogen-bond donors (Lipinski definition) is 2. The Hall–Kier alpha value is -1.13. The molecule has 0 amide bonds. The Balaban J connectivity index is 0.000000686. The largest absolute Gasteiger partial charge is 0.290 e. The van der Waals surface area contributed by atoms with E-state index in [4.69, 9.17) is 16.8 Å². The van der Waals surface area contributed by atoms with E-state index >= 15 is 0 Å². The zero-order valence-electron chi connectivity index (χ0n) is 10.4. The van der Waals surface area contributed by atoms with Crippen molar-refractivity contribution in [2.24, 2.45) is 4.99 Å². The molecule has 1 heterocycles. The van der Waals surface area contributed by atoms with Crippen LogP contribution in [0.2, 0.25) is 5.02 Å². The Labute approximate surface area is 107 Å². The normalized spacial score (nSPS) is 14.4. The third-order valence-electron chi connectivity index (χ3n) is 2.44. The van der Waals surface area contributed by atoms with Gasteiger partial charge in [0, 0.05) is 22.2 Å². The van der Waals surface area contributed by atoms with Crippen LogP contribution < -0.4 is 5.48 Å². The van der Waals surface area contributed by atoms with Gasteiger partial charge < -0.3 is 0 Å². The van der Waals surface area contributed by atoms with Gasteiger partial charge in [0.15, 0.2) is 5.82 Å². The number of aliphatic imine (C=N–C) groups is 1. The van der Waals surface area contributed by atoms with Crippen LogP contribution in [-0.2, 0) is 0 Å². The molecule has 1 aromatic rings. The smallest absolute Gasteiger partial charge is 0.158 e. The van der Waals surface area contributed by atoms with Gasteiger partial charge in [-0.1, -0.05) is 25.4 Å². The molecule has 2 N–H and O–H groups in total. The van der Waals surface area contributed by atoms with Crippen molar-refractivity contribution >= 4 is 23.8 Å². The number of hydroxylamine groups is 1. The predicted octanol–water partition coefficient (Wildman–Crippen LogP) is 3.59. The van der Waals surface area contributed by atoms with Crippen LogP contribution in [0, 0.1) is 6.92 Å². The van der Waals surface area contributed by atoms with Gasteiger partial charge in [0.05, 0.1) is 0 Å². The Kier molecular flexibility index (Phi) is 5.38. The van der Waals surface area contributed by atoms with E-state index in [2.05, 4.69) is 9.98 Å². The molecule has 0 aromatic carbocycles. The number of rotatable bonds is 3. The molecule has 1 fully saturated rings. The molecule has 1 aliphatic rings. The molecule has 0 aliphatic heterocycles. The third kappa shape index (κ3) is 3.68. The molecule has 0 spiro atoms. The first-order chi connectivity index (χ1) is 8.22. The maximum absolute atomic E-state index is 8.42. The van der Waals surface area contributed by atoms with Crippen molar-refractivity contribution < 1.29 is 5.21 Å². The lowest BCUT2D eigenvalue weighted by molar-refractivity contribution is 0.240. The first kappa shape index (κ1) is 13.9. The number of nitrogens with one attached hydrogen (secondary N) is 1. The van der Waals surface area contributed by atoms with Gasteiger partial charge >= 0.3 is 0 Å². The molecule has 2 rings (SSSR count). The molecule has 4 nitrogen and oxygen atoms in total. The average Bonchev–Trinajstić information content (AvgIpc) is 3.17. The molecule has 0 atom stereocenters. The number of nitrogens with zero attached hydrogens (tertiary/aromatic N) is 2. The topological polar surface area (TPSA) is 57.5 Å². The summed E-state index contributed by atoms with van der Waals surface area (Å²) in [5, 5.41) is 9.10. The van der Waals surface area contributed by atoms with Crippen LogP contribution in [0.3, 0.4) is 0 Å². The standard InChI is InChI=1S/C10H12ClN3O.C2H6/c1-6-8(11)4-9(7-2-3-7)14-10(6)12-5-13-15;1-2/h4-5,7,15H,2-3H2,1H3,(H,12,13,14);1-2H3. The number of aromatic nitrogens is 1. The van der Waals surface area contributed by atoms with Gasteiger partial charge in [-0.25, -0.2) is 9.98 Å². The summed E-state index contributed by atoms with van der Waals surface area (Å²) in [6.07, 6.45) is 3.53. The Morgan fingerprint density at radius 3 is 2.71 bits per heavy atom. The lowest BCUT2D eigenvalue weighted by Gasteiger charge is -2.05. The van der Waals surface area contributed by atoms with Crippen molar-refractivity contribution in [3.05, 3.63) is 22.3 Å². The second kappa shape index (κ2) is 6.57. The summed E-state index contributed by atoms with van der Waals surface area (Å²) in [4.78, 5) is 8.37. The van der Waals surface area contributed by atoms with Gasteiger partial charge in [0.25, 0.3) is 0 Å². The van der Waals surface area contributed by atoms with E-state index in [0.717, 1.165) is 11.3 Å². The Morgan fingerprint density at radius 1 is 1.53 bits per heavy atom. The van der Waals surface area contributed by atoms with Crippen molar-refractivity contribution in [2.45, 2.75) is 39.5 Å². The van der Waals surface area contributed by atoms with E-state index in [9.17, 15) is 0 Å². The van der Waals surface area contributed by atoms with E-state index in [0.29, 0.717) is 16.8 Å². The highest BCUT2D eigenvalue weighted by molar-refractivity contribution is 6.31. The molecule has 0 bridgehead atoms. The van der Waals surface area contributed by atoms with Crippen LogP contribution in [0.4, 0.5) is 5.82 Å². The predicted molar refractivity (Wildman–Crippen MR) is 70.4 cm³/mol. The van der Waals surface area contributed by atoms with Gasteiger partial charge in [0.2, 0.25) is 0 Å². The quantitative estimate of drug-likeness (QED) is 0.493. The number of hydrogen-bond acceptors (Lipinski definition) is 3. The molecule has 0 saturated heterocycles. The molecule has 0 radical (unpaired) electrons. The fourth-order valence-corrected chi connectivity index (χ4v) is 1.58. The zero-order chi connectivity index (χ0) is 12.8. The molecule has 94 valence electrons. The zero-order valence-corrected chi connectivity index (χ0v) is 11.1. The second-order valence-corrected chi connectivity index (χ2v) is 4.05. The van der Waals surface area contributed by atoms with Crippen LogP contribution >= 0.6 is 11.6 Å². The first-order valence-electron chi connectivity index (χ1n) is 5.81. The highest BCUT2D eigenvalue weighted by Gasteiger charge is 2.26. The van der Waals surface area contributed by atoms with Gasteiger partial charge in [-0.3, -0.25) is 10.7 Å². The van der Waals surface area contributed by atoms with Gasteiger partial charge in [-0.2, -0.15) is 0 Å². The molecular formula is C12H18ClN3O. The maximum atomic E-state index is 8.42. The van der Waals surface area contributed by atoms with Crippen LogP contribution in [0.5, 0.6) is 0 Å². The number of halogens is 1. The summed E-state index contributed by atoms with van der Waals surface area (Å²) in [5.74, 6) is 1.10. The summed E-state index contributed by atoms with van der Waals surface area (Å²) in [7, 11) is 0. The highest BCUT2D eigenvalue weighted by Crippen LogP contribution is 2.41. The number of pyridine rings is 1. The SMILES string of the molecule is CC.Cc1c(Cl)cc(C2CC2)nc1/N=C/NO. The Morgan fingerprint density at radius 2 is 2.18 bits per heavy atom. The first-order valence-corrected chi connectivity index (χ1v) is 6.19. The van der Waals surface area contributed by atoms with Crippen LogP contribution in [0.15, 0.2) is 11.1 Å². The molecule has 1 saturated carbocycles. The van der Waals surface area contributed by atoms with Gasteiger partial charge in [0.1, 0.15) is 6.34 Å². The van der Waals surface area contributed by atoms with Crippen LogP contribution in [0.25, 0.3) is 0 Å². The molecule has 5 heteroatoms. The van der Waals surface area contributed by atoms with Crippen molar-refractivity contribution in [3.63, 3.8) is 0 Å². The fraction of sp³-hybridized carbons (Fsp3) is 0.500. The second-order valence-electron chi connectivity index (χ2n) is 3.64. The van der Waals surface area contributed by atoms with Gasteiger partial charge in [-0.15, -0.1) is 0 Å². The minimum Gasteiger partial charge on any atom is -0.290 e. The molecule has 17 heavy (non-hydrogen) atoms. The van der Waals surface area contributed by atoms with Crippen molar-refractivity contribution in [1.82, 2.24) is 10.5 Å². The lowest BCUT2D eigenvalue weighted by Crippen LogP contribution is -2.02. The monoisotopic (exact) mass is 255 g/mol. The van der Waals surface area contributed by atoms with E-state index in [1.807, 2.05) is 32.3 Å². The summed E-state index contributed by atoms with van der Waals surface area (Å²) >= 11 is 6.07. The van der Waals surface area contributed by atoms with Crippen molar-refractivity contribution in [2.75, 3.05) is 0 Å². The third-order valence-corrected chi connectivity index (χ3v) is 2.84. The van der Waals surface area contributed by atoms with E-state index in [1.54, 1.807) is 0 Å². The molecule has 1 aromatic heterocycles. The highest BCUT2D eigenvalue weighted by atomic mass is 35.5.